The minimum absolute atomic E-state index is 0.140. The third-order valence-corrected chi connectivity index (χ3v) is 5.93. The predicted molar refractivity (Wildman–Crippen MR) is 131 cm³/mol. The lowest BCUT2D eigenvalue weighted by Gasteiger charge is -2.27. The third kappa shape index (κ3) is 6.27. The van der Waals surface area contributed by atoms with E-state index < -0.39 is 6.04 Å². The summed E-state index contributed by atoms with van der Waals surface area (Å²) in [5.74, 6) is -0.285. The SMILES string of the molecule is CN/C(=C\N(C)c1ccccc1C(=O)N1CCC[C@H]1C(=O)NCc1ccc(Cl)cc1)COC. The molecule has 0 spiro atoms. The van der Waals surface area contributed by atoms with E-state index >= 15 is 0 Å². The van der Waals surface area contributed by atoms with Crippen LogP contribution in [-0.2, 0) is 16.1 Å². The molecule has 2 amide bonds. The van der Waals surface area contributed by atoms with Crippen LogP contribution in [0.1, 0.15) is 28.8 Å². The van der Waals surface area contributed by atoms with Crippen LogP contribution in [0.2, 0.25) is 5.02 Å². The molecule has 33 heavy (non-hydrogen) atoms. The quantitative estimate of drug-likeness (QED) is 0.587. The van der Waals surface area contributed by atoms with Crippen molar-refractivity contribution in [3.05, 3.63) is 76.6 Å². The van der Waals surface area contributed by atoms with E-state index in [2.05, 4.69) is 10.6 Å². The summed E-state index contributed by atoms with van der Waals surface area (Å²) in [6.45, 7) is 1.38. The predicted octanol–water partition coefficient (Wildman–Crippen LogP) is 3.40. The molecule has 1 saturated heterocycles. The van der Waals surface area contributed by atoms with Crippen molar-refractivity contribution in [2.24, 2.45) is 0 Å². The van der Waals surface area contributed by atoms with Crippen molar-refractivity contribution in [1.29, 1.82) is 0 Å². The molecule has 0 unspecified atom stereocenters. The Balaban J connectivity index is 1.74. The molecular weight excluding hydrogens is 440 g/mol. The number of rotatable bonds is 9. The van der Waals surface area contributed by atoms with Gasteiger partial charge in [0.2, 0.25) is 5.91 Å². The molecule has 8 heteroatoms. The van der Waals surface area contributed by atoms with Crippen molar-refractivity contribution in [3.8, 4) is 0 Å². The maximum absolute atomic E-state index is 13.5. The maximum atomic E-state index is 13.5. The first kappa shape index (κ1) is 24.6. The summed E-state index contributed by atoms with van der Waals surface area (Å²) in [5, 5.41) is 6.72. The number of ether oxygens (including phenoxy) is 1. The molecular formula is C25H31ClN4O3. The Morgan fingerprint density at radius 1 is 1.21 bits per heavy atom. The fourth-order valence-electron chi connectivity index (χ4n) is 3.94. The van der Waals surface area contributed by atoms with Gasteiger partial charge in [0, 0.05) is 45.5 Å². The first-order chi connectivity index (χ1) is 15.9. The summed E-state index contributed by atoms with van der Waals surface area (Å²) in [5.41, 5.74) is 3.15. The number of carbonyl (C=O) groups excluding carboxylic acids is 2. The number of hydrogen-bond donors (Lipinski definition) is 2. The van der Waals surface area contributed by atoms with Crippen LogP contribution in [0, 0.1) is 0 Å². The van der Waals surface area contributed by atoms with Crippen molar-refractivity contribution in [2.75, 3.05) is 39.3 Å². The van der Waals surface area contributed by atoms with Gasteiger partial charge in [0.15, 0.2) is 0 Å². The van der Waals surface area contributed by atoms with Crippen LogP contribution in [-0.4, -0.2) is 57.1 Å². The molecule has 2 N–H and O–H groups in total. The van der Waals surface area contributed by atoms with Crippen LogP contribution in [0.4, 0.5) is 5.69 Å². The zero-order valence-electron chi connectivity index (χ0n) is 19.3. The van der Waals surface area contributed by atoms with Gasteiger partial charge in [0.05, 0.1) is 23.6 Å². The van der Waals surface area contributed by atoms with E-state index in [1.165, 1.54) is 0 Å². The highest BCUT2D eigenvalue weighted by atomic mass is 35.5. The van der Waals surface area contributed by atoms with Crippen molar-refractivity contribution >= 4 is 29.1 Å². The molecule has 1 aliphatic heterocycles. The summed E-state index contributed by atoms with van der Waals surface area (Å²) in [6, 6.07) is 14.3. The summed E-state index contributed by atoms with van der Waals surface area (Å²) in [7, 11) is 5.35. The molecule has 176 valence electrons. The molecule has 0 aliphatic carbocycles. The van der Waals surface area contributed by atoms with E-state index in [-0.39, 0.29) is 11.8 Å². The molecule has 0 aromatic heterocycles. The van der Waals surface area contributed by atoms with E-state index in [9.17, 15) is 9.59 Å². The number of carbonyl (C=O) groups is 2. The number of anilines is 1. The van der Waals surface area contributed by atoms with Gasteiger partial charge in [-0.3, -0.25) is 9.59 Å². The van der Waals surface area contributed by atoms with E-state index in [1.807, 2.05) is 55.5 Å². The summed E-state index contributed by atoms with van der Waals surface area (Å²) in [4.78, 5) is 30.0. The number of likely N-dealkylation sites (tertiary alicyclic amines) is 1. The van der Waals surface area contributed by atoms with E-state index in [4.69, 9.17) is 16.3 Å². The molecule has 2 aromatic rings. The fourth-order valence-corrected chi connectivity index (χ4v) is 4.07. The van der Waals surface area contributed by atoms with E-state index in [0.717, 1.165) is 23.4 Å². The number of likely N-dealkylation sites (N-methyl/N-ethyl adjacent to an activating group) is 1. The van der Waals surface area contributed by atoms with E-state index in [1.54, 1.807) is 30.2 Å². The lowest BCUT2D eigenvalue weighted by atomic mass is 10.1. The molecule has 0 bridgehead atoms. The zero-order valence-corrected chi connectivity index (χ0v) is 20.1. The van der Waals surface area contributed by atoms with Crippen LogP contribution in [0.3, 0.4) is 0 Å². The van der Waals surface area contributed by atoms with Gasteiger partial charge in [0.1, 0.15) is 6.04 Å². The molecule has 3 rings (SSSR count). The van der Waals surface area contributed by atoms with Crippen molar-refractivity contribution in [2.45, 2.75) is 25.4 Å². The monoisotopic (exact) mass is 470 g/mol. The molecule has 1 aliphatic rings. The summed E-state index contributed by atoms with van der Waals surface area (Å²) in [6.07, 6.45) is 3.34. The number of nitrogens with one attached hydrogen (secondary N) is 2. The van der Waals surface area contributed by atoms with Gasteiger partial charge in [-0.1, -0.05) is 35.9 Å². The van der Waals surface area contributed by atoms with Crippen molar-refractivity contribution in [3.63, 3.8) is 0 Å². The Hall–Kier alpha value is -3.03. The lowest BCUT2D eigenvalue weighted by Crippen LogP contribution is -2.46. The standard InChI is InChI=1S/C25H31ClN4O3/c1-27-20(17-33-3)16-29(2)22-8-5-4-7-21(22)25(32)30-14-6-9-23(30)24(31)28-15-18-10-12-19(26)13-11-18/h4-5,7-8,10-13,16,23,27H,6,9,14-15,17H2,1-3H3,(H,28,31)/b20-16-/t23-/m0/s1. The Morgan fingerprint density at radius 2 is 1.94 bits per heavy atom. The Bertz CT molecular complexity index is 993. The highest BCUT2D eigenvalue weighted by Gasteiger charge is 2.35. The maximum Gasteiger partial charge on any atom is 0.256 e. The first-order valence-corrected chi connectivity index (χ1v) is 11.3. The van der Waals surface area contributed by atoms with Gasteiger partial charge in [-0.15, -0.1) is 0 Å². The number of methoxy groups -OCH3 is 1. The largest absolute Gasteiger partial charge is 0.388 e. The highest BCUT2D eigenvalue weighted by molar-refractivity contribution is 6.30. The summed E-state index contributed by atoms with van der Waals surface area (Å²) < 4.78 is 5.21. The lowest BCUT2D eigenvalue weighted by molar-refractivity contribution is -0.125. The molecule has 7 nitrogen and oxygen atoms in total. The number of amides is 2. The van der Waals surface area contributed by atoms with Gasteiger partial charge >= 0.3 is 0 Å². The molecule has 1 fully saturated rings. The minimum atomic E-state index is -0.486. The number of para-hydroxylation sites is 1. The number of hydrogen-bond acceptors (Lipinski definition) is 5. The third-order valence-electron chi connectivity index (χ3n) is 5.68. The number of halogens is 1. The molecule has 1 heterocycles. The number of nitrogens with zero attached hydrogens (tertiary/aromatic N) is 2. The van der Waals surface area contributed by atoms with Crippen LogP contribution in [0.5, 0.6) is 0 Å². The molecule has 2 aromatic carbocycles. The average Bonchev–Trinajstić information content (AvgIpc) is 3.33. The number of benzene rings is 2. The van der Waals surface area contributed by atoms with Crippen molar-refractivity contribution < 1.29 is 14.3 Å². The minimum Gasteiger partial charge on any atom is -0.388 e. The Kier molecular flexibility index (Phi) is 8.74. The second-order valence-corrected chi connectivity index (χ2v) is 8.40. The fraction of sp³-hybridized carbons (Fsp3) is 0.360. The highest BCUT2D eigenvalue weighted by Crippen LogP contribution is 2.26. The normalized spacial score (nSPS) is 15.9. The van der Waals surface area contributed by atoms with Crippen molar-refractivity contribution in [1.82, 2.24) is 15.5 Å². The molecule has 0 radical (unpaired) electrons. The van der Waals surface area contributed by atoms with Gasteiger partial charge in [-0.25, -0.2) is 0 Å². The molecule has 1 atom stereocenters. The van der Waals surface area contributed by atoms with Crippen LogP contribution in [0.15, 0.2) is 60.4 Å². The smallest absolute Gasteiger partial charge is 0.256 e. The average molecular weight is 471 g/mol. The van der Waals surface area contributed by atoms with Crippen LogP contribution < -0.4 is 15.5 Å². The van der Waals surface area contributed by atoms with Gasteiger partial charge in [-0.05, 0) is 42.7 Å². The molecule has 0 saturated carbocycles. The second kappa shape index (κ2) is 11.7. The van der Waals surface area contributed by atoms with Crippen LogP contribution in [0.25, 0.3) is 0 Å². The second-order valence-electron chi connectivity index (χ2n) is 7.97. The van der Waals surface area contributed by atoms with Gasteiger partial charge < -0.3 is 25.2 Å². The topological polar surface area (TPSA) is 73.9 Å². The Morgan fingerprint density at radius 3 is 2.64 bits per heavy atom. The summed E-state index contributed by atoms with van der Waals surface area (Å²) >= 11 is 5.93. The zero-order chi connectivity index (χ0) is 23.8. The van der Waals surface area contributed by atoms with Gasteiger partial charge in [-0.2, -0.15) is 0 Å². The van der Waals surface area contributed by atoms with Crippen LogP contribution >= 0.6 is 11.6 Å². The van der Waals surface area contributed by atoms with Gasteiger partial charge in [0.25, 0.3) is 5.91 Å². The Labute approximate surface area is 200 Å². The van der Waals surface area contributed by atoms with E-state index in [0.29, 0.717) is 36.7 Å². The first-order valence-electron chi connectivity index (χ1n) is 11.0.